The second-order valence-electron chi connectivity index (χ2n) is 9.07. The van der Waals surface area contributed by atoms with Gasteiger partial charge in [0.25, 0.3) is 5.91 Å². The molecule has 34 heavy (non-hydrogen) atoms. The van der Waals surface area contributed by atoms with Crippen molar-refractivity contribution < 1.29 is 14.7 Å². The Morgan fingerprint density at radius 2 is 1.59 bits per heavy atom. The zero-order chi connectivity index (χ0) is 24.3. The summed E-state index contributed by atoms with van der Waals surface area (Å²) in [5, 5.41) is 10.3. The quantitative estimate of drug-likeness (QED) is 0.359. The Hall–Kier alpha value is -2.86. The molecule has 1 aliphatic heterocycles. The molecule has 0 bridgehead atoms. The molecule has 1 saturated heterocycles. The molecule has 0 aliphatic carbocycles. The van der Waals surface area contributed by atoms with E-state index in [1.54, 1.807) is 17.0 Å². The molecule has 0 radical (unpaired) electrons. The predicted molar refractivity (Wildman–Crippen MR) is 138 cm³/mol. The highest BCUT2D eigenvalue weighted by Gasteiger charge is 2.20. The fraction of sp³-hybridized carbons (Fsp3) is 0.500. The van der Waals surface area contributed by atoms with E-state index in [0.29, 0.717) is 25.1 Å². The molecule has 0 atom stereocenters. The summed E-state index contributed by atoms with van der Waals surface area (Å²) in [6, 6.07) is 15.2. The molecule has 0 unspecified atom stereocenters. The summed E-state index contributed by atoms with van der Waals surface area (Å²) in [7, 11) is 0. The number of benzene rings is 2. The lowest BCUT2D eigenvalue weighted by atomic mass is 10.0. The predicted octanol–water partition coefficient (Wildman–Crippen LogP) is 4.83. The van der Waals surface area contributed by atoms with E-state index >= 15 is 0 Å². The van der Waals surface area contributed by atoms with Gasteiger partial charge >= 0.3 is 0 Å². The Morgan fingerprint density at radius 3 is 2.24 bits per heavy atom. The number of nitrogens with zero attached hydrogens (tertiary/aromatic N) is 3. The minimum atomic E-state index is -0.203. The summed E-state index contributed by atoms with van der Waals surface area (Å²) < 4.78 is 0. The van der Waals surface area contributed by atoms with Gasteiger partial charge in [0.15, 0.2) is 5.78 Å². The third-order valence-electron chi connectivity index (χ3n) is 6.45. The van der Waals surface area contributed by atoms with E-state index in [1.807, 2.05) is 19.9 Å². The van der Waals surface area contributed by atoms with Crippen molar-refractivity contribution in [3.8, 4) is 5.75 Å². The van der Waals surface area contributed by atoms with E-state index in [9.17, 15) is 14.7 Å². The monoisotopic (exact) mass is 465 g/mol. The van der Waals surface area contributed by atoms with Crippen molar-refractivity contribution in [1.82, 2.24) is 9.80 Å². The van der Waals surface area contributed by atoms with Gasteiger partial charge in [0.2, 0.25) is 0 Å². The second-order valence-corrected chi connectivity index (χ2v) is 9.07. The first kappa shape index (κ1) is 25.8. The van der Waals surface area contributed by atoms with Crippen LogP contribution in [-0.2, 0) is 0 Å². The first-order chi connectivity index (χ1) is 16.5. The van der Waals surface area contributed by atoms with E-state index in [1.165, 1.54) is 11.8 Å². The van der Waals surface area contributed by atoms with Crippen molar-refractivity contribution in [2.75, 3.05) is 50.7 Å². The molecule has 184 valence electrons. The number of para-hydroxylation sites is 1. The van der Waals surface area contributed by atoms with Crippen molar-refractivity contribution in [3.05, 3.63) is 59.7 Å². The lowest BCUT2D eigenvalue weighted by molar-refractivity contribution is 0.0752. The maximum absolute atomic E-state index is 12.9. The average molecular weight is 466 g/mol. The fourth-order valence-electron chi connectivity index (χ4n) is 4.54. The maximum Gasteiger partial charge on any atom is 0.257 e. The highest BCUT2D eigenvalue weighted by Crippen LogP contribution is 2.22. The molecule has 0 saturated carbocycles. The summed E-state index contributed by atoms with van der Waals surface area (Å²) in [4.78, 5) is 32.3. The van der Waals surface area contributed by atoms with Crippen molar-refractivity contribution in [2.45, 2.75) is 46.0 Å². The number of anilines is 1. The Bertz CT molecular complexity index is 918. The third-order valence-corrected chi connectivity index (χ3v) is 6.45. The molecule has 1 N–H and O–H groups in total. The number of carbonyl (C=O) groups excluding carboxylic acids is 2. The van der Waals surface area contributed by atoms with Crippen LogP contribution >= 0.6 is 0 Å². The van der Waals surface area contributed by atoms with Gasteiger partial charge in [-0.05, 0) is 62.6 Å². The number of Topliss-reactive ketones (excluding diaryl/α,β-unsaturated/α-hetero) is 1. The smallest absolute Gasteiger partial charge is 0.257 e. The summed E-state index contributed by atoms with van der Waals surface area (Å²) in [5.74, 6) is -0.237. The van der Waals surface area contributed by atoms with Crippen LogP contribution in [0, 0.1) is 0 Å². The molecule has 1 aliphatic rings. The van der Waals surface area contributed by atoms with Gasteiger partial charge < -0.3 is 14.9 Å². The van der Waals surface area contributed by atoms with Gasteiger partial charge in [-0.1, -0.05) is 32.0 Å². The van der Waals surface area contributed by atoms with E-state index in [0.717, 1.165) is 58.4 Å². The van der Waals surface area contributed by atoms with Crippen LogP contribution in [0.4, 0.5) is 5.69 Å². The van der Waals surface area contributed by atoms with Gasteiger partial charge in [-0.2, -0.15) is 0 Å². The van der Waals surface area contributed by atoms with Gasteiger partial charge in [0, 0.05) is 56.9 Å². The average Bonchev–Trinajstić information content (AvgIpc) is 2.87. The van der Waals surface area contributed by atoms with Crippen LogP contribution in [-0.4, -0.2) is 72.4 Å². The van der Waals surface area contributed by atoms with Gasteiger partial charge in [0.05, 0.1) is 5.56 Å². The van der Waals surface area contributed by atoms with Gasteiger partial charge in [-0.25, -0.2) is 0 Å². The minimum absolute atomic E-state index is 0.0282. The van der Waals surface area contributed by atoms with Crippen molar-refractivity contribution in [3.63, 3.8) is 0 Å². The number of rotatable bonds is 12. The number of carbonyl (C=O) groups is 2. The number of hydrogen-bond donors (Lipinski definition) is 1. The standard InChI is InChI=1S/C28H39N3O3/c1-3-15-31(16-4-2)28(34)25-22-23(13-14-27(25)33)26(32)12-8-9-17-29-18-20-30(21-19-29)24-10-6-5-7-11-24/h5-7,10-11,13-14,22,33H,3-4,8-9,12,15-21H2,1-2H3. The highest BCUT2D eigenvalue weighted by atomic mass is 16.3. The van der Waals surface area contributed by atoms with Gasteiger partial charge in [0.1, 0.15) is 5.75 Å². The molecular formula is C28H39N3O3. The zero-order valence-corrected chi connectivity index (χ0v) is 20.7. The number of unbranched alkanes of at least 4 members (excludes halogenated alkanes) is 1. The first-order valence-electron chi connectivity index (χ1n) is 12.7. The van der Waals surface area contributed by atoms with Crippen molar-refractivity contribution in [2.24, 2.45) is 0 Å². The van der Waals surface area contributed by atoms with Crippen LogP contribution in [0.2, 0.25) is 0 Å². The number of amides is 1. The fourth-order valence-corrected chi connectivity index (χ4v) is 4.54. The second kappa shape index (κ2) is 13.1. The van der Waals surface area contributed by atoms with Crippen LogP contribution < -0.4 is 4.90 Å². The maximum atomic E-state index is 12.9. The molecule has 2 aromatic rings. The van der Waals surface area contributed by atoms with E-state index in [-0.39, 0.29) is 23.0 Å². The van der Waals surface area contributed by atoms with Gasteiger partial charge in [-0.3, -0.25) is 14.5 Å². The van der Waals surface area contributed by atoms with Crippen LogP contribution in [0.3, 0.4) is 0 Å². The molecule has 6 heteroatoms. The lowest BCUT2D eigenvalue weighted by Crippen LogP contribution is -2.46. The molecular weight excluding hydrogens is 426 g/mol. The number of ketones is 1. The molecule has 2 aromatic carbocycles. The molecule has 3 rings (SSSR count). The molecule has 1 fully saturated rings. The Balaban J connectivity index is 1.45. The zero-order valence-electron chi connectivity index (χ0n) is 20.7. The summed E-state index contributed by atoms with van der Waals surface area (Å²) in [5.41, 5.74) is 2.02. The van der Waals surface area contributed by atoms with Crippen LogP contribution in [0.25, 0.3) is 0 Å². The molecule has 1 amide bonds. The Morgan fingerprint density at radius 1 is 0.912 bits per heavy atom. The van der Waals surface area contributed by atoms with E-state index in [2.05, 4.69) is 34.1 Å². The highest BCUT2D eigenvalue weighted by molar-refractivity contribution is 6.02. The number of hydrogen-bond acceptors (Lipinski definition) is 5. The van der Waals surface area contributed by atoms with Crippen molar-refractivity contribution in [1.29, 1.82) is 0 Å². The minimum Gasteiger partial charge on any atom is -0.507 e. The van der Waals surface area contributed by atoms with Crippen LogP contribution in [0.5, 0.6) is 5.75 Å². The normalized spacial score (nSPS) is 14.2. The Labute approximate surface area is 204 Å². The summed E-state index contributed by atoms with van der Waals surface area (Å²) in [6.45, 7) is 10.5. The van der Waals surface area contributed by atoms with E-state index < -0.39 is 0 Å². The van der Waals surface area contributed by atoms with Crippen LogP contribution in [0.1, 0.15) is 66.7 Å². The summed E-state index contributed by atoms with van der Waals surface area (Å²) >= 11 is 0. The SMILES string of the molecule is CCCN(CCC)C(=O)c1cc(C(=O)CCCCN2CCN(c3ccccc3)CC2)ccc1O. The first-order valence-corrected chi connectivity index (χ1v) is 12.7. The molecule has 6 nitrogen and oxygen atoms in total. The largest absolute Gasteiger partial charge is 0.507 e. The number of phenols is 1. The lowest BCUT2D eigenvalue weighted by Gasteiger charge is -2.36. The third kappa shape index (κ3) is 7.07. The van der Waals surface area contributed by atoms with Crippen LogP contribution in [0.15, 0.2) is 48.5 Å². The Kier molecular flexibility index (Phi) is 9.95. The number of phenolic OH excluding ortho intramolecular Hbond substituents is 1. The van der Waals surface area contributed by atoms with Gasteiger partial charge in [-0.15, -0.1) is 0 Å². The number of aromatic hydroxyl groups is 1. The molecule has 1 heterocycles. The van der Waals surface area contributed by atoms with E-state index in [4.69, 9.17) is 0 Å². The molecule has 0 spiro atoms. The summed E-state index contributed by atoms with van der Waals surface area (Å²) in [6.07, 6.45) is 3.95. The molecule has 0 aromatic heterocycles. The topological polar surface area (TPSA) is 64.1 Å². The number of piperazine rings is 1. The van der Waals surface area contributed by atoms with Crippen molar-refractivity contribution >= 4 is 17.4 Å².